The van der Waals surface area contributed by atoms with Gasteiger partial charge in [0.15, 0.2) is 0 Å². The summed E-state index contributed by atoms with van der Waals surface area (Å²) in [4.78, 5) is 36.0. The number of carbonyl (C=O) groups excluding carboxylic acids is 2. The first-order valence-corrected chi connectivity index (χ1v) is 6.83. The van der Waals surface area contributed by atoms with Crippen molar-refractivity contribution in [3.63, 3.8) is 0 Å². The van der Waals surface area contributed by atoms with Crippen molar-refractivity contribution in [3.8, 4) is 0 Å². The Hall–Kier alpha value is -1.79. The number of rotatable bonds is 4. The molecule has 3 atom stereocenters. The summed E-state index contributed by atoms with van der Waals surface area (Å²) in [5.41, 5.74) is 5.26. The van der Waals surface area contributed by atoms with E-state index >= 15 is 0 Å². The zero-order chi connectivity index (χ0) is 15.4. The van der Waals surface area contributed by atoms with Crippen LogP contribution in [0.25, 0.3) is 0 Å². The number of carboxylic acids is 1. The van der Waals surface area contributed by atoms with Crippen LogP contribution in [-0.4, -0.2) is 46.5 Å². The van der Waals surface area contributed by atoms with E-state index in [1.807, 2.05) is 6.92 Å². The average Bonchev–Trinajstić information content (AvgIpc) is 2.34. The topological polar surface area (TPSA) is 113 Å². The number of aliphatic carboxylic acids is 1. The van der Waals surface area contributed by atoms with Crippen LogP contribution < -0.4 is 11.1 Å². The van der Waals surface area contributed by atoms with Gasteiger partial charge in [0.05, 0.1) is 5.92 Å². The molecule has 1 saturated heterocycles. The van der Waals surface area contributed by atoms with Crippen molar-refractivity contribution in [1.82, 2.24) is 10.2 Å². The molecule has 1 rings (SSSR count). The average molecular weight is 285 g/mol. The summed E-state index contributed by atoms with van der Waals surface area (Å²) in [6, 6.07) is -1.25. The molecule has 1 aliphatic heterocycles. The zero-order valence-corrected chi connectivity index (χ0v) is 12.1. The molecule has 0 aromatic heterocycles. The Balaban J connectivity index is 2.64. The standard InChI is InChI=1S/C13H23N3O4/c1-7(2)10(11(14)17)15-13(20)16-5-4-9(12(18)19)6-8(16)3/h7-10H,4-6H2,1-3H3,(H2,14,17)(H,15,20)(H,18,19). The maximum Gasteiger partial charge on any atom is 0.318 e. The predicted octanol–water partition coefficient (Wildman–Crippen LogP) is 0.391. The van der Waals surface area contributed by atoms with Gasteiger partial charge in [0.25, 0.3) is 0 Å². The van der Waals surface area contributed by atoms with Gasteiger partial charge in [-0.2, -0.15) is 0 Å². The molecule has 0 aromatic carbocycles. The van der Waals surface area contributed by atoms with E-state index in [2.05, 4.69) is 5.32 Å². The summed E-state index contributed by atoms with van der Waals surface area (Å²) in [5.74, 6) is -1.90. The molecule has 0 saturated carbocycles. The van der Waals surface area contributed by atoms with Crippen molar-refractivity contribution in [2.75, 3.05) is 6.54 Å². The molecule has 4 N–H and O–H groups in total. The van der Waals surface area contributed by atoms with Crippen molar-refractivity contribution in [2.24, 2.45) is 17.6 Å². The lowest BCUT2D eigenvalue weighted by Crippen LogP contribution is -2.56. The molecule has 0 bridgehead atoms. The molecule has 0 aromatic rings. The molecule has 0 aliphatic carbocycles. The van der Waals surface area contributed by atoms with Gasteiger partial charge in [-0.05, 0) is 25.7 Å². The van der Waals surface area contributed by atoms with Gasteiger partial charge in [-0.15, -0.1) is 0 Å². The van der Waals surface area contributed by atoms with Crippen molar-refractivity contribution in [3.05, 3.63) is 0 Å². The van der Waals surface area contributed by atoms with Gasteiger partial charge in [-0.1, -0.05) is 13.8 Å². The van der Waals surface area contributed by atoms with Gasteiger partial charge < -0.3 is 21.1 Å². The van der Waals surface area contributed by atoms with Crippen LogP contribution in [0.4, 0.5) is 4.79 Å². The number of primary amides is 1. The number of hydrogen-bond donors (Lipinski definition) is 3. The van der Waals surface area contributed by atoms with Crippen molar-refractivity contribution >= 4 is 17.9 Å². The highest BCUT2D eigenvalue weighted by Gasteiger charge is 2.33. The first-order valence-electron chi connectivity index (χ1n) is 6.83. The SMILES string of the molecule is CC(C)C(NC(=O)N1CCC(C(=O)O)CC1C)C(N)=O. The molecule has 1 fully saturated rings. The highest BCUT2D eigenvalue weighted by molar-refractivity contribution is 5.86. The molecule has 3 unspecified atom stereocenters. The minimum Gasteiger partial charge on any atom is -0.481 e. The number of nitrogens with one attached hydrogen (secondary N) is 1. The number of likely N-dealkylation sites (tertiary alicyclic amines) is 1. The summed E-state index contributed by atoms with van der Waals surface area (Å²) in [5, 5.41) is 11.6. The molecule has 20 heavy (non-hydrogen) atoms. The molecule has 7 nitrogen and oxygen atoms in total. The van der Waals surface area contributed by atoms with Gasteiger partial charge in [0.1, 0.15) is 6.04 Å². The third-order valence-electron chi connectivity index (χ3n) is 3.74. The molecular formula is C13H23N3O4. The Bertz CT molecular complexity index is 397. The Morgan fingerprint density at radius 1 is 1.35 bits per heavy atom. The lowest BCUT2D eigenvalue weighted by atomic mass is 9.92. The fraction of sp³-hybridized carbons (Fsp3) is 0.769. The van der Waals surface area contributed by atoms with Crippen molar-refractivity contribution < 1.29 is 19.5 Å². The minimum absolute atomic E-state index is 0.0942. The van der Waals surface area contributed by atoms with Crippen LogP contribution >= 0.6 is 0 Å². The number of hydrogen-bond acceptors (Lipinski definition) is 3. The maximum atomic E-state index is 12.2. The predicted molar refractivity (Wildman–Crippen MR) is 72.9 cm³/mol. The molecule has 1 aliphatic rings. The van der Waals surface area contributed by atoms with Gasteiger partial charge in [-0.25, -0.2) is 4.79 Å². The number of piperidine rings is 1. The van der Waals surface area contributed by atoms with Crippen LogP contribution in [0.1, 0.15) is 33.6 Å². The van der Waals surface area contributed by atoms with E-state index in [0.717, 1.165) is 0 Å². The number of amides is 3. The zero-order valence-electron chi connectivity index (χ0n) is 12.1. The van der Waals surface area contributed by atoms with E-state index in [4.69, 9.17) is 10.8 Å². The summed E-state index contributed by atoms with van der Waals surface area (Å²) < 4.78 is 0. The van der Waals surface area contributed by atoms with Gasteiger partial charge in [-0.3, -0.25) is 9.59 Å². The highest BCUT2D eigenvalue weighted by Crippen LogP contribution is 2.23. The fourth-order valence-corrected chi connectivity index (χ4v) is 2.48. The smallest absolute Gasteiger partial charge is 0.318 e. The maximum absolute atomic E-state index is 12.2. The van der Waals surface area contributed by atoms with E-state index in [0.29, 0.717) is 19.4 Å². The summed E-state index contributed by atoms with van der Waals surface area (Å²) in [7, 11) is 0. The third-order valence-corrected chi connectivity index (χ3v) is 3.74. The molecule has 1 heterocycles. The lowest BCUT2D eigenvalue weighted by Gasteiger charge is -2.37. The Labute approximate surface area is 118 Å². The van der Waals surface area contributed by atoms with Gasteiger partial charge in [0.2, 0.25) is 5.91 Å². The first kappa shape index (κ1) is 16.3. The van der Waals surface area contributed by atoms with E-state index in [1.165, 1.54) is 0 Å². The molecular weight excluding hydrogens is 262 g/mol. The van der Waals surface area contributed by atoms with Crippen LogP contribution in [0, 0.1) is 11.8 Å². The number of nitrogens with zero attached hydrogens (tertiary/aromatic N) is 1. The van der Waals surface area contributed by atoms with E-state index in [1.54, 1.807) is 18.7 Å². The normalized spacial score (nSPS) is 24.3. The fourth-order valence-electron chi connectivity index (χ4n) is 2.48. The summed E-state index contributed by atoms with van der Waals surface area (Å²) in [6.45, 7) is 5.78. The third kappa shape index (κ3) is 3.85. The van der Waals surface area contributed by atoms with Crippen LogP contribution in [-0.2, 0) is 9.59 Å². The number of urea groups is 1. The quantitative estimate of drug-likeness (QED) is 0.693. The van der Waals surface area contributed by atoms with Gasteiger partial charge in [0, 0.05) is 12.6 Å². The minimum atomic E-state index is -0.825. The molecule has 0 spiro atoms. The summed E-state index contributed by atoms with van der Waals surface area (Å²) in [6.07, 6.45) is 0.849. The Morgan fingerprint density at radius 2 is 1.95 bits per heavy atom. The van der Waals surface area contributed by atoms with Gasteiger partial charge >= 0.3 is 12.0 Å². The largest absolute Gasteiger partial charge is 0.481 e. The second-order valence-corrected chi connectivity index (χ2v) is 5.68. The van der Waals surface area contributed by atoms with Crippen molar-refractivity contribution in [2.45, 2.75) is 45.7 Å². The lowest BCUT2D eigenvalue weighted by molar-refractivity contribution is -0.143. The number of nitrogens with two attached hydrogens (primary N) is 1. The van der Waals surface area contributed by atoms with Crippen LogP contribution in [0.3, 0.4) is 0 Å². The number of carbonyl (C=O) groups is 3. The second kappa shape index (κ2) is 6.58. The van der Waals surface area contributed by atoms with Crippen LogP contribution in [0.2, 0.25) is 0 Å². The molecule has 3 amide bonds. The van der Waals surface area contributed by atoms with E-state index < -0.39 is 23.8 Å². The highest BCUT2D eigenvalue weighted by atomic mass is 16.4. The summed E-state index contributed by atoms with van der Waals surface area (Å²) >= 11 is 0. The van der Waals surface area contributed by atoms with Crippen LogP contribution in [0.5, 0.6) is 0 Å². The second-order valence-electron chi connectivity index (χ2n) is 5.68. The van der Waals surface area contributed by atoms with Crippen molar-refractivity contribution in [1.29, 1.82) is 0 Å². The van der Waals surface area contributed by atoms with E-state index in [-0.39, 0.29) is 18.0 Å². The molecule has 7 heteroatoms. The van der Waals surface area contributed by atoms with E-state index in [9.17, 15) is 14.4 Å². The Kier molecular flexibility index (Phi) is 5.35. The van der Waals surface area contributed by atoms with Crippen LogP contribution in [0.15, 0.2) is 0 Å². The molecule has 0 radical (unpaired) electrons. The first-order chi connectivity index (χ1) is 9.23. The Morgan fingerprint density at radius 3 is 2.35 bits per heavy atom. The molecule has 114 valence electrons. The monoisotopic (exact) mass is 285 g/mol. The number of carboxylic acid groups (broad SMARTS) is 1.